The average Bonchev–Trinajstić information content (AvgIpc) is 2.76. The fraction of sp³-hybridized carbons (Fsp3) is 0.500. The van der Waals surface area contributed by atoms with Crippen molar-refractivity contribution in [3.8, 4) is 5.75 Å². The van der Waals surface area contributed by atoms with Crippen LogP contribution in [0.15, 0.2) is 18.2 Å². The molecule has 1 aliphatic rings. The number of aliphatic hydroxyl groups is 1. The van der Waals surface area contributed by atoms with Crippen molar-refractivity contribution in [2.45, 2.75) is 31.5 Å². The largest absolute Gasteiger partial charge is 0.497 e. The zero-order valence-corrected chi connectivity index (χ0v) is 11.0. The number of ether oxygens (including phenoxy) is 2. The number of benzene rings is 1. The Labute approximate surface area is 111 Å². The maximum absolute atomic E-state index is 14.2. The van der Waals surface area contributed by atoms with Gasteiger partial charge in [-0.2, -0.15) is 0 Å². The third-order valence-corrected chi connectivity index (χ3v) is 3.47. The van der Waals surface area contributed by atoms with Crippen LogP contribution in [0, 0.1) is 0 Å². The van der Waals surface area contributed by atoms with E-state index < -0.39 is 17.7 Å². The van der Waals surface area contributed by atoms with Crippen molar-refractivity contribution in [1.29, 1.82) is 0 Å². The maximum atomic E-state index is 14.2. The molecule has 2 atom stereocenters. The summed E-state index contributed by atoms with van der Waals surface area (Å²) in [5.74, 6) is -0.504. The fourth-order valence-corrected chi connectivity index (χ4v) is 2.44. The zero-order valence-electron chi connectivity index (χ0n) is 11.0. The number of halogens is 1. The van der Waals surface area contributed by atoms with Crippen molar-refractivity contribution in [3.05, 3.63) is 29.3 Å². The number of hydrogen-bond donors (Lipinski definition) is 1. The van der Waals surface area contributed by atoms with E-state index >= 15 is 0 Å². The van der Waals surface area contributed by atoms with E-state index in [1.807, 2.05) is 0 Å². The fourth-order valence-electron chi connectivity index (χ4n) is 2.44. The molecule has 104 valence electrons. The molecule has 0 bridgehead atoms. The molecule has 0 radical (unpaired) electrons. The summed E-state index contributed by atoms with van der Waals surface area (Å²) in [5, 5.41) is 10.5. The maximum Gasteiger partial charge on any atom is 0.344 e. The van der Waals surface area contributed by atoms with Crippen LogP contribution in [0.4, 0.5) is 4.39 Å². The topological polar surface area (TPSA) is 55.8 Å². The molecule has 4 nitrogen and oxygen atoms in total. The highest BCUT2D eigenvalue weighted by Gasteiger charge is 2.48. The molecule has 0 saturated carbocycles. The van der Waals surface area contributed by atoms with E-state index in [1.165, 1.54) is 7.11 Å². The van der Waals surface area contributed by atoms with Gasteiger partial charge in [-0.1, -0.05) is 6.07 Å². The van der Waals surface area contributed by atoms with Gasteiger partial charge in [-0.3, -0.25) is 0 Å². The first-order chi connectivity index (χ1) is 9.02. The summed E-state index contributed by atoms with van der Waals surface area (Å²) in [5.41, 5.74) is -0.585. The van der Waals surface area contributed by atoms with Crippen molar-refractivity contribution in [2.75, 3.05) is 13.7 Å². The zero-order chi connectivity index (χ0) is 14.0. The second-order valence-electron chi connectivity index (χ2n) is 4.56. The van der Waals surface area contributed by atoms with Gasteiger partial charge in [0.15, 0.2) is 0 Å². The summed E-state index contributed by atoms with van der Waals surface area (Å²) in [7, 11) is 1.49. The SMILES string of the molecule is CCOC(=O)C(F)C1(O)CCc2ccc(OC)cc21. The van der Waals surface area contributed by atoms with Crippen LogP contribution >= 0.6 is 0 Å². The van der Waals surface area contributed by atoms with Gasteiger partial charge < -0.3 is 14.6 Å². The average molecular weight is 268 g/mol. The third-order valence-electron chi connectivity index (χ3n) is 3.47. The molecule has 2 unspecified atom stereocenters. The molecule has 0 aromatic heterocycles. The van der Waals surface area contributed by atoms with Gasteiger partial charge >= 0.3 is 5.97 Å². The normalized spacial score (nSPS) is 22.7. The lowest BCUT2D eigenvalue weighted by molar-refractivity contribution is -0.161. The highest BCUT2D eigenvalue weighted by molar-refractivity contribution is 5.77. The predicted molar refractivity (Wildman–Crippen MR) is 66.7 cm³/mol. The minimum atomic E-state index is -2.08. The molecule has 1 N–H and O–H groups in total. The van der Waals surface area contributed by atoms with Crippen LogP contribution in [0.5, 0.6) is 5.75 Å². The van der Waals surface area contributed by atoms with E-state index in [0.717, 1.165) is 5.56 Å². The Hall–Kier alpha value is -1.62. The van der Waals surface area contributed by atoms with Gasteiger partial charge in [0.1, 0.15) is 11.4 Å². The van der Waals surface area contributed by atoms with Crippen LogP contribution in [-0.4, -0.2) is 31.0 Å². The van der Waals surface area contributed by atoms with Gasteiger partial charge in [-0.05, 0) is 43.0 Å². The molecule has 0 spiro atoms. The van der Waals surface area contributed by atoms with Crippen molar-refractivity contribution in [3.63, 3.8) is 0 Å². The van der Waals surface area contributed by atoms with E-state index in [1.54, 1.807) is 25.1 Å². The number of hydrogen-bond acceptors (Lipinski definition) is 4. The van der Waals surface area contributed by atoms with Crippen LogP contribution in [0.3, 0.4) is 0 Å². The number of alkyl halides is 1. The first-order valence-electron chi connectivity index (χ1n) is 6.23. The van der Waals surface area contributed by atoms with E-state index in [2.05, 4.69) is 4.74 Å². The Balaban J connectivity index is 2.35. The van der Waals surface area contributed by atoms with Crippen LogP contribution in [0.2, 0.25) is 0 Å². The summed E-state index contributed by atoms with van der Waals surface area (Å²) >= 11 is 0. The van der Waals surface area contributed by atoms with Gasteiger partial charge in [0.25, 0.3) is 0 Å². The molecule has 0 aliphatic heterocycles. The van der Waals surface area contributed by atoms with Crippen LogP contribution in [0.25, 0.3) is 0 Å². The summed E-state index contributed by atoms with van der Waals surface area (Å²) in [4.78, 5) is 11.5. The van der Waals surface area contributed by atoms with E-state index in [9.17, 15) is 14.3 Å². The predicted octanol–water partition coefficient (Wildman–Crippen LogP) is 1.73. The number of methoxy groups -OCH3 is 1. The molecule has 0 heterocycles. The molecule has 2 rings (SSSR count). The number of carbonyl (C=O) groups excluding carboxylic acids is 1. The van der Waals surface area contributed by atoms with Crippen molar-refractivity contribution >= 4 is 5.97 Å². The molecule has 5 heteroatoms. The third kappa shape index (κ3) is 2.30. The van der Waals surface area contributed by atoms with Gasteiger partial charge in [0.05, 0.1) is 13.7 Å². The molecule has 0 saturated heterocycles. The lowest BCUT2D eigenvalue weighted by Gasteiger charge is -2.26. The molecular formula is C14H17FO4. The Morgan fingerprint density at radius 3 is 2.95 bits per heavy atom. The number of fused-ring (bicyclic) bond motifs is 1. The monoisotopic (exact) mass is 268 g/mol. The number of rotatable bonds is 4. The number of carbonyl (C=O) groups is 1. The summed E-state index contributed by atoms with van der Waals surface area (Å²) in [6, 6.07) is 5.11. The minimum absolute atomic E-state index is 0.0836. The summed E-state index contributed by atoms with van der Waals surface area (Å²) in [6.07, 6.45) is -1.40. The molecule has 1 aliphatic carbocycles. The Bertz CT molecular complexity index is 488. The summed E-state index contributed by atoms with van der Waals surface area (Å²) < 4.78 is 23.9. The molecular weight excluding hydrogens is 251 g/mol. The van der Waals surface area contributed by atoms with Gasteiger partial charge in [0.2, 0.25) is 6.17 Å². The van der Waals surface area contributed by atoms with E-state index in [-0.39, 0.29) is 13.0 Å². The Kier molecular flexibility index (Phi) is 3.75. The van der Waals surface area contributed by atoms with Gasteiger partial charge in [-0.15, -0.1) is 0 Å². The molecule has 1 aromatic rings. The first-order valence-corrected chi connectivity index (χ1v) is 6.23. The van der Waals surface area contributed by atoms with Gasteiger partial charge in [-0.25, -0.2) is 9.18 Å². The lowest BCUT2D eigenvalue weighted by atomic mass is 9.90. The molecule has 19 heavy (non-hydrogen) atoms. The van der Waals surface area contributed by atoms with Crippen molar-refractivity contribution < 1.29 is 23.8 Å². The van der Waals surface area contributed by atoms with Crippen LogP contribution in [0.1, 0.15) is 24.5 Å². The lowest BCUT2D eigenvalue weighted by Crippen LogP contribution is -2.41. The minimum Gasteiger partial charge on any atom is -0.497 e. The Morgan fingerprint density at radius 2 is 2.32 bits per heavy atom. The smallest absolute Gasteiger partial charge is 0.344 e. The number of esters is 1. The van der Waals surface area contributed by atoms with Gasteiger partial charge in [0, 0.05) is 0 Å². The van der Waals surface area contributed by atoms with Crippen molar-refractivity contribution in [1.82, 2.24) is 0 Å². The number of aryl methyl sites for hydroxylation is 1. The van der Waals surface area contributed by atoms with Crippen LogP contribution < -0.4 is 4.74 Å². The second kappa shape index (κ2) is 5.17. The molecule has 1 aromatic carbocycles. The quantitative estimate of drug-likeness (QED) is 0.845. The second-order valence-corrected chi connectivity index (χ2v) is 4.56. The van der Waals surface area contributed by atoms with E-state index in [4.69, 9.17) is 4.74 Å². The van der Waals surface area contributed by atoms with E-state index in [0.29, 0.717) is 17.7 Å². The summed E-state index contributed by atoms with van der Waals surface area (Å²) in [6.45, 7) is 1.68. The highest BCUT2D eigenvalue weighted by atomic mass is 19.1. The first kappa shape index (κ1) is 13.8. The van der Waals surface area contributed by atoms with Crippen molar-refractivity contribution in [2.24, 2.45) is 0 Å². The van der Waals surface area contributed by atoms with Crippen LogP contribution in [-0.2, 0) is 21.6 Å². The Morgan fingerprint density at radius 1 is 1.58 bits per heavy atom. The highest BCUT2D eigenvalue weighted by Crippen LogP contribution is 2.42. The standard InChI is InChI=1S/C14H17FO4/c1-3-19-13(16)12(15)14(17)7-6-9-4-5-10(18-2)8-11(9)14/h4-5,8,12,17H,3,6-7H2,1-2H3. The molecule has 0 fully saturated rings. The molecule has 0 amide bonds.